The molecule has 2 aliphatic heterocycles. The summed E-state index contributed by atoms with van der Waals surface area (Å²) >= 11 is 0. The van der Waals surface area contributed by atoms with Crippen molar-refractivity contribution in [3.63, 3.8) is 0 Å². The highest BCUT2D eigenvalue weighted by atomic mass is 16.6. The van der Waals surface area contributed by atoms with Crippen LogP contribution in [0, 0.1) is 11.8 Å². The third kappa shape index (κ3) is 9.04. The fourth-order valence-electron chi connectivity index (χ4n) is 4.51. The number of carbonyl (C=O) groups is 6. The molecule has 0 spiro atoms. The predicted octanol–water partition coefficient (Wildman–Crippen LogP) is 0.477. The van der Waals surface area contributed by atoms with Gasteiger partial charge < -0.3 is 34.6 Å². The minimum atomic E-state index is -0.949. The van der Waals surface area contributed by atoms with Gasteiger partial charge in [-0.1, -0.05) is 27.7 Å². The van der Waals surface area contributed by atoms with Gasteiger partial charge in [-0.15, -0.1) is 0 Å². The number of morpholine rings is 1. The predicted molar refractivity (Wildman–Crippen MR) is 142 cm³/mol. The number of ether oxygens (including phenoxy) is 3. The normalized spacial score (nSPS) is 18.6. The Morgan fingerprint density at radius 2 is 1.65 bits per heavy atom. The smallest absolute Gasteiger partial charge is 0.376 e. The highest BCUT2D eigenvalue weighted by Gasteiger charge is 2.40. The van der Waals surface area contributed by atoms with Gasteiger partial charge in [-0.25, -0.2) is 4.79 Å². The van der Waals surface area contributed by atoms with Crippen molar-refractivity contribution in [2.24, 2.45) is 11.8 Å². The van der Waals surface area contributed by atoms with Crippen molar-refractivity contribution in [3.8, 4) is 0 Å². The number of carbonyl (C=O) groups excluding carboxylic acids is 6. The lowest BCUT2D eigenvalue weighted by Crippen LogP contribution is -2.55. The van der Waals surface area contributed by atoms with Crippen molar-refractivity contribution in [1.29, 1.82) is 0 Å². The Labute approximate surface area is 234 Å². The van der Waals surface area contributed by atoms with Crippen LogP contribution in [0.25, 0.3) is 0 Å². The van der Waals surface area contributed by atoms with Gasteiger partial charge >= 0.3 is 11.9 Å². The van der Waals surface area contributed by atoms with Gasteiger partial charge in [0, 0.05) is 26.6 Å². The first-order valence-corrected chi connectivity index (χ1v) is 13.7. The molecular formula is C27H42N4O9. The number of nitrogens with zero attached hydrogens (tertiary/aromatic N) is 2. The summed E-state index contributed by atoms with van der Waals surface area (Å²) in [6.07, 6.45) is 0.517. The fourth-order valence-corrected chi connectivity index (χ4v) is 4.51. The lowest BCUT2D eigenvalue weighted by molar-refractivity contribution is -0.150. The molecule has 2 fully saturated rings. The van der Waals surface area contributed by atoms with Crippen molar-refractivity contribution in [1.82, 2.24) is 20.4 Å². The van der Waals surface area contributed by atoms with E-state index in [1.807, 2.05) is 0 Å². The highest BCUT2D eigenvalue weighted by molar-refractivity contribution is 5.99. The van der Waals surface area contributed by atoms with Crippen molar-refractivity contribution in [2.45, 2.75) is 72.9 Å². The van der Waals surface area contributed by atoms with Gasteiger partial charge in [-0.05, 0) is 31.6 Å². The third-order valence-corrected chi connectivity index (χ3v) is 6.55. The second-order valence-corrected chi connectivity index (χ2v) is 10.3. The van der Waals surface area contributed by atoms with Crippen LogP contribution in [0.4, 0.5) is 0 Å². The average Bonchev–Trinajstić information content (AvgIpc) is 3.39. The van der Waals surface area contributed by atoms with Crippen molar-refractivity contribution in [2.75, 3.05) is 39.5 Å². The number of hydrogen-bond acceptors (Lipinski definition) is 9. The first kappa shape index (κ1) is 32.7. The van der Waals surface area contributed by atoms with Gasteiger partial charge in [0.2, 0.25) is 29.4 Å². The first-order chi connectivity index (χ1) is 18.9. The fraction of sp³-hybridized carbons (Fsp3) is 0.704. The number of hydrogen-bond donors (Lipinski definition) is 2. The first-order valence-electron chi connectivity index (χ1n) is 13.7. The van der Waals surface area contributed by atoms with Crippen LogP contribution in [0.5, 0.6) is 0 Å². The number of allylic oxidation sites excluding steroid dienone is 1. The molecule has 0 aromatic rings. The molecule has 0 bridgehead atoms. The van der Waals surface area contributed by atoms with Crippen LogP contribution in [0.3, 0.4) is 0 Å². The van der Waals surface area contributed by atoms with E-state index < -0.39 is 59.8 Å². The van der Waals surface area contributed by atoms with E-state index in [0.29, 0.717) is 39.1 Å². The average molecular weight is 567 g/mol. The van der Waals surface area contributed by atoms with Gasteiger partial charge in [0.1, 0.15) is 18.5 Å². The van der Waals surface area contributed by atoms with Gasteiger partial charge in [-0.3, -0.25) is 24.0 Å². The molecule has 13 nitrogen and oxygen atoms in total. The third-order valence-electron chi connectivity index (χ3n) is 6.55. The van der Waals surface area contributed by atoms with Gasteiger partial charge in [0.25, 0.3) is 0 Å². The van der Waals surface area contributed by atoms with E-state index in [1.165, 1.54) is 4.90 Å². The Morgan fingerprint density at radius 3 is 2.20 bits per heavy atom. The van der Waals surface area contributed by atoms with Crippen molar-refractivity contribution in [3.05, 3.63) is 11.5 Å². The Bertz CT molecular complexity index is 1000. The van der Waals surface area contributed by atoms with Gasteiger partial charge in [0.15, 0.2) is 0 Å². The SMILES string of the molecule is CCOC(=O)/C(OC(C)=O)=C(\NC(=O)[C@@H]1CCCN1C(=O)C(NC(=O)CC(=O)N1CCOCC1)C(C)C)C(C)C. The molecular weight excluding hydrogens is 524 g/mol. The molecule has 2 saturated heterocycles. The molecule has 0 aromatic carbocycles. The standard InChI is InChI=1S/C27H42N4O9/c1-7-39-27(37)24(40-18(6)32)22(16(2)3)29-25(35)19-9-8-10-31(19)26(36)23(17(4)5)28-20(33)15-21(34)30-11-13-38-14-12-30/h16-17,19,23H,7-15H2,1-6H3,(H,28,33)(H,29,35)/b24-22+/t19-,23?/m0/s1. The number of amides is 4. The van der Waals surface area contributed by atoms with Crippen LogP contribution in [0.15, 0.2) is 11.5 Å². The molecule has 40 heavy (non-hydrogen) atoms. The van der Waals surface area contributed by atoms with Crippen LogP contribution in [0.1, 0.15) is 60.8 Å². The number of rotatable bonds is 11. The summed E-state index contributed by atoms with van der Waals surface area (Å²) in [5.41, 5.74) is 0.0632. The molecule has 224 valence electrons. The summed E-state index contributed by atoms with van der Waals surface area (Å²) in [6, 6.07) is -1.83. The van der Waals surface area contributed by atoms with Crippen molar-refractivity contribution < 1.29 is 43.0 Å². The Hall–Kier alpha value is -3.48. The highest BCUT2D eigenvalue weighted by Crippen LogP contribution is 2.23. The summed E-state index contributed by atoms with van der Waals surface area (Å²) in [4.78, 5) is 79.3. The molecule has 0 aromatic heterocycles. The summed E-state index contributed by atoms with van der Waals surface area (Å²) in [5.74, 6) is -4.72. The Morgan fingerprint density at radius 1 is 1.00 bits per heavy atom. The van der Waals surface area contributed by atoms with E-state index in [9.17, 15) is 28.8 Å². The van der Waals surface area contributed by atoms with E-state index >= 15 is 0 Å². The van der Waals surface area contributed by atoms with Crippen LogP contribution in [-0.4, -0.2) is 96.9 Å². The van der Waals surface area contributed by atoms with E-state index in [0.717, 1.165) is 6.92 Å². The van der Waals surface area contributed by atoms with Crippen LogP contribution in [-0.2, 0) is 43.0 Å². The topological polar surface area (TPSA) is 161 Å². The molecule has 13 heteroatoms. The molecule has 2 rings (SSSR count). The van der Waals surface area contributed by atoms with Crippen LogP contribution in [0.2, 0.25) is 0 Å². The largest absolute Gasteiger partial charge is 0.460 e. The van der Waals surface area contributed by atoms with Crippen LogP contribution >= 0.6 is 0 Å². The molecule has 4 amide bonds. The molecule has 2 N–H and O–H groups in total. The maximum absolute atomic E-state index is 13.6. The molecule has 0 radical (unpaired) electrons. The van der Waals surface area contributed by atoms with E-state index in [1.54, 1.807) is 39.5 Å². The molecule has 2 heterocycles. The lowest BCUT2D eigenvalue weighted by atomic mass is 10.0. The van der Waals surface area contributed by atoms with Gasteiger partial charge in [0.05, 0.1) is 25.5 Å². The summed E-state index contributed by atoms with van der Waals surface area (Å²) < 4.78 is 15.3. The lowest BCUT2D eigenvalue weighted by Gasteiger charge is -2.31. The second kappa shape index (κ2) is 15.3. The summed E-state index contributed by atoms with van der Waals surface area (Å²) in [7, 11) is 0. The van der Waals surface area contributed by atoms with Crippen molar-refractivity contribution >= 4 is 35.6 Å². The Kier molecular flexibility index (Phi) is 12.6. The zero-order valence-corrected chi connectivity index (χ0v) is 24.2. The number of likely N-dealkylation sites (tertiary alicyclic amines) is 1. The van der Waals surface area contributed by atoms with E-state index in [4.69, 9.17) is 14.2 Å². The molecule has 0 saturated carbocycles. The summed E-state index contributed by atoms with van der Waals surface area (Å²) in [5, 5.41) is 5.36. The maximum atomic E-state index is 13.6. The van der Waals surface area contributed by atoms with E-state index in [-0.39, 0.29) is 30.7 Å². The molecule has 2 aliphatic rings. The monoisotopic (exact) mass is 566 g/mol. The Balaban J connectivity index is 2.18. The number of esters is 2. The van der Waals surface area contributed by atoms with E-state index in [2.05, 4.69) is 10.6 Å². The zero-order valence-electron chi connectivity index (χ0n) is 24.2. The number of nitrogens with one attached hydrogen (secondary N) is 2. The quantitative estimate of drug-likeness (QED) is 0.157. The minimum Gasteiger partial charge on any atom is -0.460 e. The molecule has 2 atom stereocenters. The molecule has 1 unspecified atom stereocenters. The zero-order chi connectivity index (χ0) is 30.0. The minimum absolute atomic E-state index is 0.0359. The second-order valence-electron chi connectivity index (χ2n) is 10.3. The summed E-state index contributed by atoms with van der Waals surface area (Å²) in [6.45, 7) is 11.6. The van der Waals surface area contributed by atoms with Crippen LogP contribution < -0.4 is 10.6 Å². The molecule has 0 aliphatic carbocycles. The maximum Gasteiger partial charge on any atom is 0.376 e. The van der Waals surface area contributed by atoms with Gasteiger partial charge in [-0.2, -0.15) is 0 Å².